The van der Waals surface area contributed by atoms with E-state index in [1.165, 1.54) is 6.20 Å². The molecule has 1 N–H and O–H groups in total. The third-order valence-electron chi connectivity index (χ3n) is 3.22. The number of carboxylic acid groups (broad SMARTS) is 1. The van der Waals surface area contributed by atoms with E-state index in [2.05, 4.69) is 0 Å². The number of hydrogen-bond donors (Lipinski definition) is 1. The largest absolute Gasteiger partial charge is 0.464 e. The molecular weight excluding hydrogens is 262 g/mol. The van der Waals surface area contributed by atoms with Crippen LogP contribution in [0.1, 0.15) is 5.56 Å². The summed E-state index contributed by atoms with van der Waals surface area (Å²) in [5.74, 6) is 1.27. The van der Waals surface area contributed by atoms with Crippen LogP contribution in [0.4, 0.5) is 4.79 Å². The molecule has 102 valence electrons. The van der Waals surface area contributed by atoms with Crippen LogP contribution >= 0.6 is 0 Å². The molecule has 0 fully saturated rings. The first kappa shape index (κ1) is 12.3. The van der Waals surface area contributed by atoms with Crippen LogP contribution in [-0.2, 0) is 0 Å². The Bertz CT molecular complexity index is 763. The van der Waals surface area contributed by atoms with E-state index in [9.17, 15) is 9.59 Å². The van der Waals surface area contributed by atoms with Crippen molar-refractivity contribution in [1.82, 2.24) is 4.57 Å². The van der Waals surface area contributed by atoms with Gasteiger partial charge in [0, 0.05) is 11.8 Å². The van der Waals surface area contributed by atoms with Crippen molar-refractivity contribution in [3.8, 4) is 22.6 Å². The maximum atomic E-state index is 12.0. The van der Waals surface area contributed by atoms with Crippen LogP contribution in [0.2, 0.25) is 0 Å². The zero-order chi connectivity index (χ0) is 14.3. The Hall–Kier alpha value is -2.76. The molecule has 1 aromatic carbocycles. The fourth-order valence-electron chi connectivity index (χ4n) is 2.17. The van der Waals surface area contributed by atoms with Crippen molar-refractivity contribution in [3.63, 3.8) is 0 Å². The van der Waals surface area contributed by atoms with Crippen LogP contribution in [0.25, 0.3) is 11.1 Å². The monoisotopic (exact) mass is 273 g/mol. The molecule has 3 rings (SSSR count). The average molecular weight is 273 g/mol. The van der Waals surface area contributed by atoms with Gasteiger partial charge in [0.2, 0.25) is 6.79 Å². The Morgan fingerprint density at radius 3 is 2.75 bits per heavy atom. The number of nitrogens with zero attached hydrogens (tertiary/aromatic N) is 1. The fraction of sp³-hybridized carbons (Fsp3) is 0.143. The zero-order valence-electron chi connectivity index (χ0n) is 10.6. The van der Waals surface area contributed by atoms with E-state index in [0.717, 1.165) is 5.56 Å². The van der Waals surface area contributed by atoms with Crippen LogP contribution < -0.4 is 15.0 Å². The highest BCUT2D eigenvalue weighted by atomic mass is 16.7. The fourth-order valence-corrected chi connectivity index (χ4v) is 2.17. The minimum absolute atomic E-state index is 0.179. The topological polar surface area (TPSA) is 77.8 Å². The second-order valence-corrected chi connectivity index (χ2v) is 4.38. The van der Waals surface area contributed by atoms with Crippen molar-refractivity contribution in [2.45, 2.75) is 6.92 Å². The number of rotatable bonds is 1. The molecule has 0 unspecified atom stereocenters. The van der Waals surface area contributed by atoms with Crippen molar-refractivity contribution >= 4 is 6.09 Å². The van der Waals surface area contributed by atoms with Gasteiger partial charge in [0.15, 0.2) is 11.5 Å². The average Bonchev–Trinajstić information content (AvgIpc) is 2.88. The second kappa shape index (κ2) is 4.41. The van der Waals surface area contributed by atoms with Crippen LogP contribution in [0, 0.1) is 6.92 Å². The minimum atomic E-state index is -1.30. The highest BCUT2D eigenvalue weighted by Gasteiger charge is 2.16. The van der Waals surface area contributed by atoms with Crippen LogP contribution in [0.3, 0.4) is 0 Å². The number of fused-ring (bicyclic) bond motifs is 1. The summed E-state index contributed by atoms with van der Waals surface area (Å²) < 4.78 is 11.2. The first-order valence-corrected chi connectivity index (χ1v) is 5.93. The minimum Gasteiger partial charge on any atom is -0.464 e. The lowest BCUT2D eigenvalue weighted by Gasteiger charge is -2.08. The Labute approximate surface area is 113 Å². The highest BCUT2D eigenvalue weighted by Crippen LogP contribution is 2.36. The summed E-state index contributed by atoms with van der Waals surface area (Å²) in [6.07, 6.45) is -0.0484. The summed E-state index contributed by atoms with van der Waals surface area (Å²) in [5.41, 5.74) is 1.27. The lowest BCUT2D eigenvalue weighted by atomic mass is 10.0. The van der Waals surface area contributed by atoms with Gasteiger partial charge < -0.3 is 14.6 Å². The Kier molecular flexibility index (Phi) is 2.71. The van der Waals surface area contributed by atoms with Crippen molar-refractivity contribution in [1.29, 1.82) is 0 Å². The Morgan fingerprint density at radius 1 is 1.25 bits per heavy atom. The van der Waals surface area contributed by atoms with E-state index in [4.69, 9.17) is 14.6 Å². The molecule has 1 aromatic heterocycles. The van der Waals surface area contributed by atoms with E-state index in [-0.39, 0.29) is 6.79 Å². The number of carbonyl (C=O) groups is 1. The SMILES string of the molecule is Cc1c(-c2ccc3c(c2)OCO3)ccn(C(=O)O)c1=O. The molecule has 0 aliphatic carbocycles. The molecular formula is C14H11NO5. The number of benzene rings is 1. The molecule has 6 heteroatoms. The molecule has 0 spiro atoms. The van der Waals surface area contributed by atoms with E-state index in [1.54, 1.807) is 31.2 Å². The summed E-state index contributed by atoms with van der Waals surface area (Å²) in [6, 6.07) is 6.94. The van der Waals surface area contributed by atoms with Gasteiger partial charge in [-0.1, -0.05) is 6.07 Å². The molecule has 6 nitrogen and oxygen atoms in total. The lowest BCUT2D eigenvalue weighted by Crippen LogP contribution is -2.27. The van der Waals surface area contributed by atoms with Gasteiger partial charge in [-0.3, -0.25) is 4.79 Å². The quantitative estimate of drug-likeness (QED) is 0.860. The molecule has 1 aliphatic rings. The van der Waals surface area contributed by atoms with Gasteiger partial charge in [-0.15, -0.1) is 0 Å². The summed E-state index contributed by atoms with van der Waals surface area (Å²) in [7, 11) is 0. The van der Waals surface area contributed by atoms with Gasteiger partial charge in [-0.2, -0.15) is 0 Å². The standard InChI is InChI=1S/C14H11NO5/c1-8-10(4-5-15(13(8)16)14(17)18)9-2-3-11-12(6-9)20-7-19-11/h2-6H,7H2,1H3,(H,17,18). The molecule has 2 aromatic rings. The summed E-state index contributed by atoms with van der Waals surface area (Å²) in [4.78, 5) is 22.9. The Balaban J connectivity index is 2.14. The van der Waals surface area contributed by atoms with Gasteiger partial charge in [0.1, 0.15) is 0 Å². The molecule has 20 heavy (non-hydrogen) atoms. The third kappa shape index (κ3) is 1.82. The first-order valence-electron chi connectivity index (χ1n) is 5.93. The van der Waals surface area contributed by atoms with Crippen LogP contribution in [-0.4, -0.2) is 22.6 Å². The smallest absolute Gasteiger partial charge is 0.418 e. The van der Waals surface area contributed by atoms with Crippen molar-refractivity contribution in [2.24, 2.45) is 0 Å². The van der Waals surface area contributed by atoms with Gasteiger partial charge >= 0.3 is 6.09 Å². The molecule has 0 atom stereocenters. The number of pyridine rings is 1. The van der Waals surface area contributed by atoms with E-state index < -0.39 is 11.7 Å². The van der Waals surface area contributed by atoms with Gasteiger partial charge in [0.25, 0.3) is 5.56 Å². The summed E-state index contributed by atoms with van der Waals surface area (Å²) in [5, 5.41) is 8.90. The van der Waals surface area contributed by atoms with Gasteiger partial charge in [0.05, 0.1) is 0 Å². The molecule has 0 radical (unpaired) electrons. The first-order chi connectivity index (χ1) is 9.58. The predicted octanol–water partition coefficient (Wildman–Crippen LogP) is 2.08. The van der Waals surface area contributed by atoms with Crippen LogP contribution in [0.5, 0.6) is 11.5 Å². The molecule has 1 aliphatic heterocycles. The maximum Gasteiger partial charge on any atom is 0.418 e. The Morgan fingerprint density at radius 2 is 2.00 bits per heavy atom. The lowest BCUT2D eigenvalue weighted by molar-refractivity contribution is 0.174. The molecule has 0 bridgehead atoms. The molecule has 0 saturated heterocycles. The van der Waals surface area contributed by atoms with Crippen molar-refractivity contribution in [2.75, 3.05) is 6.79 Å². The number of hydrogen-bond acceptors (Lipinski definition) is 4. The normalized spacial score (nSPS) is 12.4. The highest BCUT2D eigenvalue weighted by molar-refractivity contribution is 5.73. The molecule has 2 heterocycles. The van der Waals surface area contributed by atoms with E-state index in [1.807, 2.05) is 0 Å². The van der Waals surface area contributed by atoms with Gasteiger partial charge in [-0.05, 0) is 36.2 Å². The molecule has 0 saturated carbocycles. The summed E-state index contributed by atoms with van der Waals surface area (Å²) >= 11 is 0. The van der Waals surface area contributed by atoms with E-state index >= 15 is 0 Å². The van der Waals surface area contributed by atoms with Crippen LogP contribution in [0.15, 0.2) is 35.3 Å². The number of aromatic nitrogens is 1. The number of ether oxygens (including phenoxy) is 2. The van der Waals surface area contributed by atoms with E-state index in [0.29, 0.717) is 27.2 Å². The summed E-state index contributed by atoms with van der Waals surface area (Å²) in [6.45, 7) is 1.78. The third-order valence-corrected chi connectivity index (χ3v) is 3.22. The maximum absolute atomic E-state index is 12.0. The van der Waals surface area contributed by atoms with Crippen molar-refractivity contribution in [3.05, 3.63) is 46.4 Å². The van der Waals surface area contributed by atoms with Crippen molar-refractivity contribution < 1.29 is 19.4 Å². The van der Waals surface area contributed by atoms with Gasteiger partial charge in [-0.25, -0.2) is 9.36 Å². The predicted molar refractivity (Wildman–Crippen MR) is 70.4 cm³/mol. The molecule has 0 amide bonds. The zero-order valence-corrected chi connectivity index (χ0v) is 10.6. The second-order valence-electron chi connectivity index (χ2n) is 4.38.